The van der Waals surface area contributed by atoms with Crippen molar-refractivity contribution in [3.05, 3.63) is 109 Å². The van der Waals surface area contributed by atoms with Gasteiger partial charge in [0.15, 0.2) is 0 Å². The molecule has 3 aromatic heterocycles. The minimum atomic E-state index is 0.251. The van der Waals surface area contributed by atoms with Crippen LogP contribution in [0.2, 0.25) is 0 Å². The van der Waals surface area contributed by atoms with Gasteiger partial charge in [-0.3, -0.25) is 9.97 Å². The third-order valence-electron chi connectivity index (χ3n) is 5.39. The minimum absolute atomic E-state index is 0.251. The molecule has 8 heteroatoms. The summed E-state index contributed by atoms with van der Waals surface area (Å²) >= 11 is 0. The van der Waals surface area contributed by atoms with Gasteiger partial charge in [0.1, 0.15) is 12.3 Å². The third-order valence-corrected chi connectivity index (χ3v) is 5.39. The summed E-state index contributed by atoms with van der Waals surface area (Å²) in [4.78, 5) is 17.3. The molecule has 0 saturated carbocycles. The summed E-state index contributed by atoms with van der Waals surface area (Å²) in [6.45, 7) is 2.22. The van der Waals surface area contributed by atoms with Crippen molar-refractivity contribution in [2.45, 2.75) is 13.5 Å². The summed E-state index contributed by atoms with van der Waals surface area (Å²) in [5, 5.41) is 21.5. The summed E-state index contributed by atoms with van der Waals surface area (Å²) in [5.74, 6) is 0.566. The van der Waals surface area contributed by atoms with Crippen molar-refractivity contribution in [2.75, 3.05) is 5.32 Å². The van der Waals surface area contributed by atoms with Gasteiger partial charge in [0.25, 0.3) is 5.95 Å². The number of aromatic hydroxyl groups is 1. The molecule has 0 atom stereocenters. The molecule has 5 rings (SSSR count). The molecule has 0 fully saturated rings. The van der Waals surface area contributed by atoms with E-state index in [0.717, 1.165) is 45.1 Å². The predicted octanol–water partition coefficient (Wildman–Crippen LogP) is 6.64. The average Bonchev–Trinajstić information content (AvgIpc) is 2.90. The molecule has 2 N–H and O–H groups in total. The zero-order valence-electron chi connectivity index (χ0n) is 19.6. The molecule has 0 spiro atoms. The SMILES string of the molecule is Cc1cc(-c2ccncc2)nc(N=NCc2ccc(Nc3ccc(-c4cccc(O)c4)cc3)cn2)n1. The van der Waals surface area contributed by atoms with Crippen LogP contribution in [-0.4, -0.2) is 25.0 Å². The number of benzene rings is 2. The molecule has 0 amide bonds. The molecule has 5 aromatic rings. The van der Waals surface area contributed by atoms with E-state index < -0.39 is 0 Å². The number of nitrogens with zero attached hydrogens (tertiary/aromatic N) is 6. The number of azo groups is 1. The normalized spacial score (nSPS) is 11.0. The number of phenolic OH excluding ortho intramolecular Hbond substituents is 1. The fraction of sp³-hybridized carbons (Fsp3) is 0.0714. The molecule has 0 unspecified atom stereocenters. The second-order valence-electron chi connectivity index (χ2n) is 8.12. The summed E-state index contributed by atoms with van der Waals surface area (Å²) in [5.41, 5.74) is 7.12. The number of aryl methyl sites for hydroxylation is 1. The quantitative estimate of drug-likeness (QED) is 0.256. The monoisotopic (exact) mass is 473 g/mol. The van der Waals surface area contributed by atoms with E-state index in [1.807, 2.05) is 73.7 Å². The first-order valence-corrected chi connectivity index (χ1v) is 11.4. The van der Waals surface area contributed by atoms with Crippen LogP contribution in [0, 0.1) is 6.92 Å². The highest BCUT2D eigenvalue weighted by atomic mass is 16.3. The molecule has 36 heavy (non-hydrogen) atoms. The van der Waals surface area contributed by atoms with Crippen LogP contribution in [0.1, 0.15) is 11.4 Å². The van der Waals surface area contributed by atoms with Crippen LogP contribution in [0.5, 0.6) is 5.75 Å². The van der Waals surface area contributed by atoms with E-state index in [9.17, 15) is 5.11 Å². The Hall–Kier alpha value is -4.98. The summed E-state index contributed by atoms with van der Waals surface area (Å²) in [7, 11) is 0. The van der Waals surface area contributed by atoms with E-state index in [-0.39, 0.29) is 5.75 Å². The molecule has 176 valence electrons. The zero-order chi connectivity index (χ0) is 24.7. The molecular weight excluding hydrogens is 450 g/mol. The lowest BCUT2D eigenvalue weighted by atomic mass is 10.1. The lowest BCUT2D eigenvalue weighted by Crippen LogP contribution is -1.93. The van der Waals surface area contributed by atoms with Crippen LogP contribution >= 0.6 is 0 Å². The van der Waals surface area contributed by atoms with Crippen molar-refractivity contribution in [1.29, 1.82) is 0 Å². The lowest BCUT2D eigenvalue weighted by molar-refractivity contribution is 0.475. The maximum Gasteiger partial charge on any atom is 0.269 e. The van der Waals surface area contributed by atoms with E-state index in [4.69, 9.17) is 0 Å². The van der Waals surface area contributed by atoms with Crippen LogP contribution < -0.4 is 5.32 Å². The number of pyridine rings is 2. The molecular formula is C28H23N7O. The Balaban J connectivity index is 1.20. The van der Waals surface area contributed by atoms with Crippen LogP contribution in [-0.2, 0) is 6.54 Å². The van der Waals surface area contributed by atoms with Crippen LogP contribution in [0.4, 0.5) is 17.3 Å². The zero-order valence-corrected chi connectivity index (χ0v) is 19.6. The number of anilines is 2. The molecule has 0 radical (unpaired) electrons. The van der Waals surface area contributed by atoms with Gasteiger partial charge in [0, 0.05) is 29.3 Å². The van der Waals surface area contributed by atoms with Gasteiger partial charge < -0.3 is 10.4 Å². The van der Waals surface area contributed by atoms with Crippen LogP contribution in [0.3, 0.4) is 0 Å². The Morgan fingerprint density at radius 1 is 0.806 bits per heavy atom. The van der Waals surface area contributed by atoms with Crippen LogP contribution in [0.25, 0.3) is 22.4 Å². The van der Waals surface area contributed by atoms with E-state index >= 15 is 0 Å². The molecule has 0 aliphatic rings. The van der Waals surface area contributed by atoms with E-state index in [1.165, 1.54) is 0 Å². The van der Waals surface area contributed by atoms with Crippen molar-refractivity contribution in [1.82, 2.24) is 19.9 Å². The number of phenols is 1. The standard InChI is InChI=1S/C28H23N7O/c1-19-15-27(21-11-13-29-14-12-21)34-28(32-19)35-31-18-24-9-10-25(17-30-24)33-23-7-5-20(6-8-23)22-3-2-4-26(36)16-22/h2-17,33,36H,18H2,1H3. The number of aromatic nitrogens is 4. The average molecular weight is 474 g/mol. The minimum Gasteiger partial charge on any atom is -0.508 e. The highest BCUT2D eigenvalue weighted by Gasteiger charge is 2.05. The number of hydrogen-bond donors (Lipinski definition) is 2. The number of hydrogen-bond acceptors (Lipinski definition) is 8. The maximum atomic E-state index is 9.68. The van der Waals surface area contributed by atoms with Gasteiger partial charge in [-0.1, -0.05) is 24.3 Å². The molecule has 0 bridgehead atoms. The Morgan fingerprint density at radius 3 is 2.36 bits per heavy atom. The van der Waals surface area contributed by atoms with E-state index in [0.29, 0.717) is 12.5 Å². The summed E-state index contributed by atoms with van der Waals surface area (Å²) < 4.78 is 0. The fourth-order valence-electron chi connectivity index (χ4n) is 3.63. The molecule has 0 aliphatic carbocycles. The van der Waals surface area contributed by atoms with Gasteiger partial charge in [-0.15, -0.1) is 5.11 Å². The van der Waals surface area contributed by atoms with Crippen molar-refractivity contribution in [2.24, 2.45) is 10.2 Å². The highest BCUT2D eigenvalue weighted by molar-refractivity contribution is 5.69. The van der Waals surface area contributed by atoms with E-state index in [1.54, 1.807) is 30.7 Å². The first kappa shape index (κ1) is 22.8. The number of nitrogens with one attached hydrogen (secondary N) is 1. The largest absolute Gasteiger partial charge is 0.508 e. The third kappa shape index (κ3) is 5.74. The van der Waals surface area contributed by atoms with Gasteiger partial charge in [0.2, 0.25) is 0 Å². The Bertz CT molecular complexity index is 1490. The van der Waals surface area contributed by atoms with Gasteiger partial charge in [0.05, 0.1) is 23.3 Å². The predicted molar refractivity (Wildman–Crippen MR) is 139 cm³/mol. The Kier molecular flexibility index (Phi) is 6.66. The Labute approximate surface area is 208 Å². The first-order valence-electron chi connectivity index (χ1n) is 11.4. The molecule has 2 aromatic carbocycles. The highest BCUT2D eigenvalue weighted by Crippen LogP contribution is 2.26. The van der Waals surface area contributed by atoms with Crippen molar-refractivity contribution >= 4 is 17.3 Å². The smallest absolute Gasteiger partial charge is 0.269 e. The second kappa shape index (κ2) is 10.5. The fourth-order valence-corrected chi connectivity index (χ4v) is 3.63. The van der Waals surface area contributed by atoms with Gasteiger partial charge in [-0.05, 0) is 72.6 Å². The maximum absolute atomic E-state index is 9.68. The lowest BCUT2D eigenvalue weighted by Gasteiger charge is -2.08. The molecule has 0 aliphatic heterocycles. The van der Waals surface area contributed by atoms with Crippen molar-refractivity contribution < 1.29 is 5.11 Å². The molecule has 3 heterocycles. The van der Waals surface area contributed by atoms with Crippen molar-refractivity contribution in [3.63, 3.8) is 0 Å². The Morgan fingerprint density at radius 2 is 1.61 bits per heavy atom. The first-order chi connectivity index (χ1) is 17.6. The van der Waals surface area contributed by atoms with Gasteiger partial charge in [-0.25, -0.2) is 9.97 Å². The van der Waals surface area contributed by atoms with Crippen LogP contribution in [0.15, 0.2) is 108 Å². The van der Waals surface area contributed by atoms with Gasteiger partial charge in [-0.2, -0.15) is 5.11 Å². The topological polar surface area (TPSA) is 109 Å². The number of rotatable bonds is 7. The van der Waals surface area contributed by atoms with Crippen molar-refractivity contribution in [3.8, 4) is 28.1 Å². The second-order valence-corrected chi connectivity index (χ2v) is 8.12. The van der Waals surface area contributed by atoms with E-state index in [2.05, 4.69) is 35.5 Å². The molecule has 0 saturated heterocycles. The summed E-state index contributed by atoms with van der Waals surface area (Å²) in [6, 6.07) is 24.7. The molecule has 8 nitrogen and oxygen atoms in total. The summed E-state index contributed by atoms with van der Waals surface area (Å²) in [6.07, 6.45) is 5.22. The van der Waals surface area contributed by atoms with Gasteiger partial charge >= 0.3 is 0 Å².